The van der Waals surface area contributed by atoms with Crippen molar-refractivity contribution in [3.05, 3.63) is 12.7 Å². The van der Waals surface area contributed by atoms with Crippen molar-refractivity contribution in [2.45, 2.75) is 116 Å². The lowest BCUT2D eigenvalue weighted by molar-refractivity contribution is -0.137. The van der Waals surface area contributed by atoms with Gasteiger partial charge in [-0.1, -0.05) is 47.6 Å². The number of carbonyl (C=O) groups is 1. The quantitative estimate of drug-likeness (QED) is 0.140. The Morgan fingerprint density at radius 1 is 1.00 bits per heavy atom. The Labute approximate surface area is 188 Å². The molecule has 0 rings (SSSR count). The lowest BCUT2D eigenvalue weighted by Gasteiger charge is -2.41. The van der Waals surface area contributed by atoms with Gasteiger partial charge in [-0.05, 0) is 49.1 Å². The summed E-state index contributed by atoms with van der Waals surface area (Å²) < 4.78 is 13.7. The Kier molecular flexibility index (Phi) is 14.6. The van der Waals surface area contributed by atoms with Crippen molar-refractivity contribution in [1.82, 2.24) is 0 Å². The molecule has 0 aliphatic heterocycles. The number of carboxylic acids is 1. The Morgan fingerprint density at radius 2 is 1.47 bits per heavy atom. The van der Waals surface area contributed by atoms with E-state index >= 15 is 0 Å². The van der Waals surface area contributed by atoms with Crippen LogP contribution in [0, 0.1) is 18.3 Å². The molecule has 0 fully saturated rings. The molecule has 0 spiro atoms. The van der Waals surface area contributed by atoms with Gasteiger partial charge in [0, 0.05) is 18.8 Å². The fourth-order valence-corrected chi connectivity index (χ4v) is 10.1. The van der Waals surface area contributed by atoms with E-state index < -0.39 is 22.6 Å². The fraction of sp³-hybridized carbons (Fsp3) is 0.792. The van der Waals surface area contributed by atoms with Crippen LogP contribution in [0.15, 0.2) is 12.7 Å². The zero-order valence-corrected chi connectivity index (χ0v) is 22.3. The van der Waals surface area contributed by atoms with E-state index in [2.05, 4.69) is 54.0 Å². The molecule has 0 amide bonds. The molecule has 0 aromatic rings. The highest BCUT2D eigenvalue weighted by Crippen LogP contribution is 2.34. The van der Waals surface area contributed by atoms with Crippen molar-refractivity contribution < 1.29 is 18.8 Å². The second kappa shape index (κ2) is 15.0. The number of carboxylic acid groups (broad SMARTS) is 1. The average Bonchev–Trinajstić information content (AvgIpc) is 2.76. The Balaban J connectivity index is 5.98. The van der Waals surface area contributed by atoms with Crippen molar-refractivity contribution in [2.24, 2.45) is 5.92 Å². The van der Waals surface area contributed by atoms with Gasteiger partial charge in [-0.25, -0.2) is 0 Å². The zero-order valence-electron chi connectivity index (χ0n) is 20.3. The average molecular weight is 455 g/mol. The van der Waals surface area contributed by atoms with E-state index in [1.165, 1.54) is 0 Å². The standard InChI is InChI=1S/C24H46O4Si2/c1-9-18-23(28-30(14-6,15-7)16-8)21(19-17-20-24(25)26)22(10-2)27-29(11-3,12-4)13-5/h1,10,21-23H,2,11-20H2,3-8H3,(H,25,26)/t21-,22-,23-/m1/s1. The molecule has 0 heterocycles. The third kappa shape index (κ3) is 8.70. The first-order valence-corrected chi connectivity index (χ1v) is 17.0. The van der Waals surface area contributed by atoms with Gasteiger partial charge in [0.2, 0.25) is 0 Å². The van der Waals surface area contributed by atoms with Crippen molar-refractivity contribution in [1.29, 1.82) is 0 Å². The van der Waals surface area contributed by atoms with Crippen LogP contribution in [0.2, 0.25) is 36.3 Å². The lowest BCUT2D eigenvalue weighted by atomic mass is 9.89. The molecular formula is C24H46O4Si2. The van der Waals surface area contributed by atoms with Gasteiger partial charge in [0.05, 0.1) is 12.2 Å². The third-order valence-corrected chi connectivity index (χ3v) is 16.3. The molecule has 174 valence electrons. The molecule has 0 saturated carbocycles. The van der Waals surface area contributed by atoms with Crippen LogP contribution in [0.1, 0.15) is 67.2 Å². The molecule has 1 N–H and O–H groups in total. The van der Waals surface area contributed by atoms with Gasteiger partial charge in [-0.3, -0.25) is 4.79 Å². The molecule has 0 aromatic heterocycles. The van der Waals surface area contributed by atoms with E-state index in [0.717, 1.165) is 42.7 Å². The van der Waals surface area contributed by atoms with Crippen LogP contribution in [0.4, 0.5) is 0 Å². The summed E-state index contributed by atoms with van der Waals surface area (Å²) in [5.74, 6) is 2.10. The molecule has 30 heavy (non-hydrogen) atoms. The predicted octanol–water partition coefficient (Wildman–Crippen LogP) is 6.85. The number of rotatable bonds is 18. The largest absolute Gasteiger partial charge is 0.481 e. The van der Waals surface area contributed by atoms with Crippen LogP contribution < -0.4 is 0 Å². The predicted molar refractivity (Wildman–Crippen MR) is 133 cm³/mol. The number of aliphatic carboxylic acids is 1. The number of hydrogen-bond donors (Lipinski definition) is 1. The lowest BCUT2D eigenvalue weighted by Crippen LogP contribution is -2.48. The van der Waals surface area contributed by atoms with E-state index in [9.17, 15) is 4.79 Å². The highest BCUT2D eigenvalue weighted by molar-refractivity contribution is 6.74. The third-order valence-electron chi connectivity index (χ3n) is 7.03. The van der Waals surface area contributed by atoms with E-state index in [0.29, 0.717) is 12.8 Å². The first-order valence-electron chi connectivity index (χ1n) is 11.9. The van der Waals surface area contributed by atoms with Gasteiger partial charge in [-0.2, -0.15) is 0 Å². The summed E-state index contributed by atoms with van der Waals surface area (Å²) in [5, 5.41) is 9.16. The maximum absolute atomic E-state index is 11.2. The second-order valence-corrected chi connectivity index (χ2v) is 17.8. The van der Waals surface area contributed by atoms with Crippen LogP contribution in [0.25, 0.3) is 0 Å². The Morgan fingerprint density at radius 3 is 1.83 bits per heavy atom. The van der Waals surface area contributed by atoms with Crippen molar-refractivity contribution in [2.75, 3.05) is 0 Å². The summed E-state index contributed by atoms with van der Waals surface area (Å²) in [6.45, 7) is 17.4. The molecule has 0 aromatic carbocycles. The van der Waals surface area contributed by atoms with Crippen molar-refractivity contribution in [3.63, 3.8) is 0 Å². The van der Waals surface area contributed by atoms with Gasteiger partial charge >= 0.3 is 5.97 Å². The summed E-state index contributed by atoms with van der Waals surface area (Å²) in [4.78, 5) is 11.2. The molecule has 0 radical (unpaired) electrons. The molecule has 0 saturated heterocycles. The molecule has 0 unspecified atom stereocenters. The minimum absolute atomic E-state index is 0.0333. The minimum Gasteiger partial charge on any atom is -0.481 e. The number of terminal acetylenes is 1. The summed E-state index contributed by atoms with van der Waals surface area (Å²) in [5.41, 5.74) is 0. The monoisotopic (exact) mass is 454 g/mol. The van der Waals surface area contributed by atoms with Crippen LogP contribution in [0.3, 0.4) is 0 Å². The van der Waals surface area contributed by atoms with Gasteiger partial charge in [0.1, 0.15) is 0 Å². The second-order valence-electron chi connectivity index (χ2n) is 8.32. The molecule has 6 heteroatoms. The van der Waals surface area contributed by atoms with Gasteiger partial charge < -0.3 is 14.0 Å². The molecule has 3 atom stereocenters. The molecular weight excluding hydrogens is 408 g/mol. The number of hydrogen-bond acceptors (Lipinski definition) is 3. The Bertz CT molecular complexity index is 519. The normalized spacial score (nSPS) is 15.2. The zero-order chi connectivity index (χ0) is 23.2. The van der Waals surface area contributed by atoms with Gasteiger partial charge in [0.25, 0.3) is 0 Å². The van der Waals surface area contributed by atoms with Crippen molar-refractivity contribution in [3.8, 4) is 12.3 Å². The summed E-state index contributed by atoms with van der Waals surface area (Å²) in [6.07, 6.45) is 9.40. The topological polar surface area (TPSA) is 55.8 Å². The highest BCUT2D eigenvalue weighted by atomic mass is 28.4. The minimum atomic E-state index is -1.87. The SMILES string of the molecule is C#CC[C@@H](O[Si](CC)(CC)CC)[C@H](CCCC(=O)O)[C@@H](C=C)O[Si](CC)(CC)CC. The van der Waals surface area contributed by atoms with E-state index in [-0.39, 0.29) is 24.5 Å². The summed E-state index contributed by atoms with van der Waals surface area (Å²) in [6, 6.07) is 6.35. The summed E-state index contributed by atoms with van der Waals surface area (Å²) in [7, 11) is -3.74. The maximum atomic E-state index is 11.2. The van der Waals surface area contributed by atoms with E-state index in [1.807, 2.05) is 6.08 Å². The fourth-order valence-electron chi connectivity index (χ4n) is 4.37. The highest BCUT2D eigenvalue weighted by Gasteiger charge is 2.40. The van der Waals surface area contributed by atoms with Gasteiger partial charge in [-0.15, -0.1) is 18.9 Å². The molecule has 0 aliphatic carbocycles. The van der Waals surface area contributed by atoms with Crippen molar-refractivity contribution >= 4 is 22.6 Å². The molecule has 0 aliphatic rings. The van der Waals surface area contributed by atoms with Crippen LogP contribution in [0.5, 0.6) is 0 Å². The van der Waals surface area contributed by atoms with Crippen LogP contribution >= 0.6 is 0 Å². The van der Waals surface area contributed by atoms with E-state index in [1.54, 1.807) is 0 Å². The van der Waals surface area contributed by atoms with Gasteiger partial charge in [0.15, 0.2) is 16.6 Å². The summed E-state index contributed by atoms with van der Waals surface area (Å²) >= 11 is 0. The van der Waals surface area contributed by atoms with E-state index in [4.69, 9.17) is 20.4 Å². The first-order chi connectivity index (χ1) is 14.3. The smallest absolute Gasteiger partial charge is 0.303 e. The van der Waals surface area contributed by atoms with Crippen LogP contribution in [-0.2, 0) is 13.6 Å². The molecule has 0 bridgehead atoms. The van der Waals surface area contributed by atoms with Crippen LogP contribution in [-0.4, -0.2) is 39.9 Å². The molecule has 4 nitrogen and oxygen atoms in total. The Hall–Kier alpha value is -0.876. The first kappa shape index (κ1) is 29.1. The maximum Gasteiger partial charge on any atom is 0.303 e.